The highest BCUT2D eigenvalue weighted by Gasteiger charge is 2.42. The lowest BCUT2D eigenvalue weighted by molar-refractivity contribution is -0.184. The zero-order chi connectivity index (χ0) is 16.3. The average molecular weight is 321 g/mol. The van der Waals surface area contributed by atoms with Crippen LogP contribution in [0.2, 0.25) is 0 Å². The number of alkyl halides is 3. The van der Waals surface area contributed by atoms with Crippen LogP contribution in [0.4, 0.5) is 13.2 Å². The summed E-state index contributed by atoms with van der Waals surface area (Å²) in [5, 5.41) is 2.67. The molecule has 1 aliphatic heterocycles. The average Bonchev–Trinajstić information content (AvgIpc) is 2.86. The molecule has 3 N–H and O–H groups in total. The first kappa shape index (κ1) is 17.1. The molecule has 3 unspecified atom stereocenters. The first-order valence-electron chi connectivity index (χ1n) is 7.67. The predicted octanol–water partition coefficient (Wildman–Crippen LogP) is 1.17. The molecule has 0 aromatic rings. The number of carbonyl (C=O) groups excluding carboxylic acids is 2. The molecule has 126 valence electrons. The van der Waals surface area contributed by atoms with Crippen LogP contribution in [0.1, 0.15) is 38.5 Å². The summed E-state index contributed by atoms with van der Waals surface area (Å²) in [5.41, 5.74) is 5.28. The Kier molecular flexibility index (Phi) is 5.31. The smallest absolute Gasteiger partial charge is 0.368 e. The molecule has 2 amide bonds. The molecule has 1 saturated heterocycles. The van der Waals surface area contributed by atoms with Gasteiger partial charge in [0.25, 0.3) is 0 Å². The molecular weight excluding hydrogens is 299 g/mol. The lowest BCUT2D eigenvalue weighted by atomic mass is 9.85. The second-order valence-corrected chi connectivity index (χ2v) is 6.20. The van der Waals surface area contributed by atoms with Crippen molar-refractivity contribution in [1.82, 2.24) is 10.2 Å². The molecule has 1 heterocycles. The van der Waals surface area contributed by atoms with Gasteiger partial charge in [-0.1, -0.05) is 6.42 Å². The molecule has 5 nitrogen and oxygen atoms in total. The third kappa shape index (κ3) is 4.34. The van der Waals surface area contributed by atoms with E-state index in [9.17, 15) is 22.8 Å². The molecule has 2 rings (SSSR count). The molecule has 3 atom stereocenters. The van der Waals surface area contributed by atoms with Gasteiger partial charge in [-0.05, 0) is 38.6 Å². The lowest BCUT2D eigenvalue weighted by Crippen LogP contribution is -2.48. The Bertz CT molecular complexity index is 428. The van der Waals surface area contributed by atoms with Crippen LogP contribution in [0.3, 0.4) is 0 Å². The second-order valence-electron chi connectivity index (χ2n) is 6.20. The number of likely N-dealkylation sites (tertiary alicyclic amines) is 1. The number of nitrogens with one attached hydrogen (secondary N) is 1. The minimum Gasteiger partial charge on any atom is -0.368 e. The predicted molar refractivity (Wildman–Crippen MR) is 73.7 cm³/mol. The van der Waals surface area contributed by atoms with E-state index in [2.05, 4.69) is 5.32 Å². The third-order valence-corrected chi connectivity index (χ3v) is 4.54. The molecule has 0 aromatic heterocycles. The molecule has 0 radical (unpaired) electrons. The number of hydrogen-bond acceptors (Lipinski definition) is 3. The Balaban J connectivity index is 1.83. The summed E-state index contributed by atoms with van der Waals surface area (Å²) in [6.07, 6.45) is -1.68. The van der Waals surface area contributed by atoms with Crippen molar-refractivity contribution in [2.45, 2.75) is 56.8 Å². The monoisotopic (exact) mass is 321 g/mol. The number of hydrogen-bond donors (Lipinski definition) is 2. The van der Waals surface area contributed by atoms with Gasteiger partial charge in [-0.25, -0.2) is 0 Å². The van der Waals surface area contributed by atoms with E-state index < -0.39 is 30.1 Å². The van der Waals surface area contributed by atoms with Gasteiger partial charge in [-0.2, -0.15) is 13.2 Å². The van der Waals surface area contributed by atoms with Gasteiger partial charge in [0.15, 0.2) is 0 Å². The van der Waals surface area contributed by atoms with E-state index in [1.807, 2.05) is 0 Å². The van der Waals surface area contributed by atoms with E-state index in [0.717, 1.165) is 6.42 Å². The van der Waals surface area contributed by atoms with Crippen molar-refractivity contribution in [1.29, 1.82) is 0 Å². The van der Waals surface area contributed by atoms with Crippen molar-refractivity contribution in [3.05, 3.63) is 0 Å². The highest BCUT2D eigenvalue weighted by Crippen LogP contribution is 2.37. The first-order chi connectivity index (χ1) is 10.3. The fourth-order valence-corrected chi connectivity index (χ4v) is 3.41. The molecule has 0 bridgehead atoms. The summed E-state index contributed by atoms with van der Waals surface area (Å²) in [6, 6.07) is -0.887. The number of halogens is 3. The zero-order valence-electron chi connectivity index (χ0n) is 12.4. The molecule has 0 spiro atoms. The topological polar surface area (TPSA) is 75.4 Å². The molecule has 0 aromatic carbocycles. The Hall–Kier alpha value is -1.31. The summed E-state index contributed by atoms with van der Waals surface area (Å²) in [5.74, 6) is -2.13. The fourth-order valence-electron chi connectivity index (χ4n) is 3.41. The summed E-state index contributed by atoms with van der Waals surface area (Å²) in [4.78, 5) is 25.0. The van der Waals surface area contributed by atoms with E-state index in [4.69, 9.17) is 5.73 Å². The Morgan fingerprint density at radius 2 is 1.91 bits per heavy atom. The van der Waals surface area contributed by atoms with Gasteiger partial charge in [0, 0.05) is 6.04 Å². The summed E-state index contributed by atoms with van der Waals surface area (Å²) >= 11 is 0. The van der Waals surface area contributed by atoms with Crippen LogP contribution in [0.5, 0.6) is 0 Å². The van der Waals surface area contributed by atoms with Gasteiger partial charge >= 0.3 is 6.18 Å². The standard InChI is InChI=1S/C14H22F3N3O2/c15-14(16,17)9-3-1-4-10(7-9)19-12(21)8-20-6-2-5-11(20)13(18)22/h9-11H,1-8H2,(H2,18,22)(H,19,21). The van der Waals surface area contributed by atoms with E-state index in [1.165, 1.54) is 0 Å². The van der Waals surface area contributed by atoms with Crippen molar-refractivity contribution < 1.29 is 22.8 Å². The minimum absolute atomic E-state index is 0.0147. The van der Waals surface area contributed by atoms with Crippen LogP contribution in [-0.4, -0.2) is 48.1 Å². The van der Waals surface area contributed by atoms with Crippen molar-refractivity contribution in [2.24, 2.45) is 11.7 Å². The Labute approximate surface area is 127 Å². The number of carbonyl (C=O) groups is 2. The highest BCUT2D eigenvalue weighted by atomic mass is 19.4. The molecular formula is C14H22F3N3O2. The summed E-state index contributed by atoms with van der Waals surface area (Å²) in [6.45, 7) is 0.623. The molecule has 8 heteroatoms. The molecule has 2 aliphatic rings. The van der Waals surface area contributed by atoms with Crippen LogP contribution in [0.25, 0.3) is 0 Å². The number of nitrogens with zero attached hydrogens (tertiary/aromatic N) is 1. The van der Waals surface area contributed by atoms with Gasteiger partial charge in [0.2, 0.25) is 11.8 Å². The largest absolute Gasteiger partial charge is 0.391 e. The number of amides is 2. The zero-order valence-corrected chi connectivity index (χ0v) is 12.4. The van der Waals surface area contributed by atoms with E-state index >= 15 is 0 Å². The molecule has 22 heavy (non-hydrogen) atoms. The lowest BCUT2D eigenvalue weighted by Gasteiger charge is -2.31. The first-order valence-corrected chi connectivity index (χ1v) is 7.67. The maximum Gasteiger partial charge on any atom is 0.391 e. The van der Waals surface area contributed by atoms with Crippen molar-refractivity contribution in [3.8, 4) is 0 Å². The Morgan fingerprint density at radius 3 is 2.55 bits per heavy atom. The molecule has 2 fully saturated rings. The maximum absolute atomic E-state index is 12.7. The minimum atomic E-state index is -4.20. The van der Waals surface area contributed by atoms with Crippen LogP contribution >= 0.6 is 0 Å². The third-order valence-electron chi connectivity index (χ3n) is 4.54. The second kappa shape index (κ2) is 6.85. The van der Waals surface area contributed by atoms with Crippen LogP contribution in [0, 0.1) is 5.92 Å². The van der Waals surface area contributed by atoms with Crippen molar-refractivity contribution in [2.75, 3.05) is 13.1 Å². The summed E-state index contributed by atoms with van der Waals surface area (Å²) < 4.78 is 38.2. The van der Waals surface area contributed by atoms with Crippen LogP contribution in [-0.2, 0) is 9.59 Å². The quantitative estimate of drug-likeness (QED) is 0.816. The molecule has 1 aliphatic carbocycles. The van der Waals surface area contributed by atoms with Crippen molar-refractivity contribution in [3.63, 3.8) is 0 Å². The fraction of sp³-hybridized carbons (Fsp3) is 0.857. The highest BCUT2D eigenvalue weighted by molar-refractivity contribution is 5.82. The van der Waals surface area contributed by atoms with Gasteiger partial charge in [-0.15, -0.1) is 0 Å². The SMILES string of the molecule is NC(=O)C1CCCN1CC(=O)NC1CCCC(C(F)(F)F)C1. The Morgan fingerprint density at radius 1 is 1.18 bits per heavy atom. The van der Waals surface area contributed by atoms with Gasteiger partial charge in [0.1, 0.15) is 0 Å². The van der Waals surface area contributed by atoms with Crippen molar-refractivity contribution >= 4 is 11.8 Å². The normalized spacial score (nSPS) is 30.2. The van der Waals surface area contributed by atoms with Gasteiger partial charge in [-0.3, -0.25) is 14.5 Å². The van der Waals surface area contributed by atoms with Gasteiger partial charge < -0.3 is 11.1 Å². The van der Waals surface area contributed by atoms with Gasteiger partial charge in [0.05, 0.1) is 18.5 Å². The molecule has 1 saturated carbocycles. The van der Waals surface area contributed by atoms with Crippen LogP contribution < -0.4 is 11.1 Å². The van der Waals surface area contributed by atoms with E-state index in [0.29, 0.717) is 25.8 Å². The maximum atomic E-state index is 12.7. The van der Waals surface area contributed by atoms with E-state index in [1.54, 1.807) is 4.90 Å². The number of rotatable bonds is 4. The van der Waals surface area contributed by atoms with Crippen LogP contribution in [0.15, 0.2) is 0 Å². The number of nitrogens with two attached hydrogens (primary N) is 1. The van der Waals surface area contributed by atoms with E-state index in [-0.39, 0.29) is 25.3 Å². The summed E-state index contributed by atoms with van der Waals surface area (Å²) in [7, 11) is 0. The number of primary amides is 1.